The van der Waals surface area contributed by atoms with E-state index in [1.807, 2.05) is 36.5 Å². The molecule has 0 N–H and O–H groups in total. The summed E-state index contributed by atoms with van der Waals surface area (Å²) in [5.41, 5.74) is 0.794. The fraction of sp³-hybridized carbons (Fsp3) is 0.400. The van der Waals surface area contributed by atoms with Crippen molar-refractivity contribution in [1.29, 1.82) is 0 Å². The summed E-state index contributed by atoms with van der Waals surface area (Å²) in [4.78, 5) is 11.1. The Morgan fingerprint density at radius 3 is 3.08 bits per heavy atom. The molecular weight excluding hydrogens is 164 g/mol. The van der Waals surface area contributed by atoms with Gasteiger partial charge in [0.2, 0.25) is 0 Å². The number of hydrogen-bond acceptors (Lipinski definition) is 3. The van der Waals surface area contributed by atoms with Crippen LogP contribution in [-0.4, -0.2) is 30.1 Å². The van der Waals surface area contributed by atoms with Crippen LogP contribution in [0.3, 0.4) is 0 Å². The van der Waals surface area contributed by atoms with Gasteiger partial charge in [0.05, 0.1) is 6.04 Å². The Balaban J connectivity index is 2.25. The van der Waals surface area contributed by atoms with Crippen molar-refractivity contribution in [2.45, 2.75) is 13.0 Å². The second-order valence-corrected chi connectivity index (χ2v) is 3.44. The van der Waals surface area contributed by atoms with Gasteiger partial charge >= 0.3 is 0 Å². The van der Waals surface area contributed by atoms with E-state index in [9.17, 15) is 4.79 Å². The SMILES string of the molecule is CC(=O)C1=CC2C=NN(C)C2C=C1. The van der Waals surface area contributed by atoms with E-state index >= 15 is 0 Å². The van der Waals surface area contributed by atoms with Gasteiger partial charge in [-0.25, -0.2) is 0 Å². The number of hydrazone groups is 1. The highest BCUT2D eigenvalue weighted by Crippen LogP contribution is 2.24. The van der Waals surface area contributed by atoms with Crippen LogP contribution < -0.4 is 0 Å². The first-order valence-electron chi connectivity index (χ1n) is 4.36. The zero-order chi connectivity index (χ0) is 9.42. The van der Waals surface area contributed by atoms with E-state index in [-0.39, 0.29) is 11.7 Å². The van der Waals surface area contributed by atoms with Gasteiger partial charge in [-0.3, -0.25) is 9.80 Å². The first kappa shape index (κ1) is 8.23. The van der Waals surface area contributed by atoms with Crippen molar-refractivity contribution in [3.63, 3.8) is 0 Å². The van der Waals surface area contributed by atoms with Crippen molar-refractivity contribution in [1.82, 2.24) is 5.01 Å². The fourth-order valence-corrected chi connectivity index (χ4v) is 1.69. The molecule has 0 saturated carbocycles. The van der Waals surface area contributed by atoms with Gasteiger partial charge in [0.25, 0.3) is 0 Å². The Kier molecular flexibility index (Phi) is 1.79. The number of likely N-dealkylation sites (N-methyl/N-ethyl adjacent to an activating group) is 1. The van der Waals surface area contributed by atoms with Gasteiger partial charge in [0.1, 0.15) is 0 Å². The fourth-order valence-electron chi connectivity index (χ4n) is 1.69. The van der Waals surface area contributed by atoms with Gasteiger partial charge in [-0.2, -0.15) is 5.10 Å². The Morgan fingerprint density at radius 1 is 1.62 bits per heavy atom. The number of hydrogen-bond donors (Lipinski definition) is 0. The molecule has 2 unspecified atom stereocenters. The quantitative estimate of drug-likeness (QED) is 0.596. The maximum absolute atomic E-state index is 11.1. The van der Waals surface area contributed by atoms with Crippen LogP contribution in [0.15, 0.2) is 28.9 Å². The lowest BCUT2D eigenvalue weighted by Gasteiger charge is -2.22. The summed E-state index contributed by atoms with van der Waals surface area (Å²) in [5.74, 6) is 0.395. The Hall–Kier alpha value is -1.38. The Labute approximate surface area is 77.4 Å². The molecule has 1 aliphatic carbocycles. The summed E-state index contributed by atoms with van der Waals surface area (Å²) >= 11 is 0. The average molecular weight is 176 g/mol. The summed E-state index contributed by atoms with van der Waals surface area (Å²) in [6.45, 7) is 1.59. The lowest BCUT2D eigenvalue weighted by molar-refractivity contribution is -0.113. The van der Waals surface area contributed by atoms with Crippen LogP contribution in [0.2, 0.25) is 0 Å². The standard InChI is InChI=1S/C10H12N2O/c1-7(13)8-3-4-10-9(5-8)6-11-12(10)2/h3-6,9-10H,1-2H3. The van der Waals surface area contributed by atoms with Gasteiger partial charge in [0.15, 0.2) is 5.78 Å². The molecule has 0 aromatic heterocycles. The van der Waals surface area contributed by atoms with Gasteiger partial charge < -0.3 is 0 Å². The molecule has 0 radical (unpaired) electrons. The zero-order valence-electron chi connectivity index (χ0n) is 7.77. The monoisotopic (exact) mass is 176 g/mol. The molecule has 3 heteroatoms. The number of carbonyl (C=O) groups is 1. The maximum atomic E-state index is 11.1. The van der Waals surface area contributed by atoms with Crippen LogP contribution >= 0.6 is 0 Å². The summed E-state index contributed by atoms with van der Waals surface area (Å²) in [6, 6.07) is 0.308. The third-order valence-electron chi connectivity index (χ3n) is 2.50. The lowest BCUT2D eigenvalue weighted by atomic mass is 9.92. The first-order valence-corrected chi connectivity index (χ1v) is 4.36. The molecule has 2 aliphatic rings. The molecule has 68 valence electrons. The van der Waals surface area contributed by atoms with Crippen LogP contribution in [0, 0.1) is 5.92 Å². The van der Waals surface area contributed by atoms with E-state index in [0.717, 1.165) is 5.57 Å². The van der Waals surface area contributed by atoms with Crippen molar-refractivity contribution in [3.05, 3.63) is 23.8 Å². The maximum Gasteiger partial charge on any atom is 0.159 e. The number of fused-ring (bicyclic) bond motifs is 1. The topological polar surface area (TPSA) is 32.7 Å². The first-order chi connectivity index (χ1) is 6.18. The molecule has 1 heterocycles. The smallest absolute Gasteiger partial charge is 0.159 e. The second kappa shape index (κ2) is 2.83. The van der Waals surface area contributed by atoms with Gasteiger partial charge in [-0.1, -0.05) is 18.2 Å². The molecule has 0 amide bonds. The highest BCUT2D eigenvalue weighted by Gasteiger charge is 2.27. The minimum atomic E-state index is 0.123. The molecule has 0 aromatic rings. The van der Waals surface area contributed by atoms with Gasteiger partial charge in [0, 0.05) is 24.8 Å². The highest BCUT2D eigenvalue weighted by molar-refractivity contribution is 5.97. The molecule has 0 aromatic carbocycles. The molecule has 1 aliphatic heterocycles. The van der Waals surface area contributed by atoms with E-state index in [0.29, 0.717) is 6.04 Å². The molecule has 2 rings (SSSR count). The molecule has 13 heavy (non-hydrogen) atoms. The van der Waals surface area contributed by atoms with Gasteiger partial charge in [-0.15, -0.1) is 0 Å². The molecule has 0 saturated heterocycles. The number of ketones is 1. The molecular formula is C10H12N2O. The largest absolute Gasteiger partial charge is 0.295 e. The number of rotatable bonds is 1. The van der Waals surface area contributed by atoms with Crippen LogP contribution in [0.5, 0.6) is 0 Å². The van der Waals surface area contributed by atoms with Crippen molar-refractivity contribution in [3.8, 4) is 0 Å². The number of Topliss-reactive ketones (excluding diaryl/α,β-unsaturated/α-hetero) is 1. The van der Waals surface area contributed by atoms with Crippen LogP contribution in [0.25, 0.3) is 0 Å². The number of nitrogens with zero attached hydrogens (tertiary/aromatic N) is 2. The molecule has 0 fully saturated rings. The minimum absolute atomic E-state index is 0.123. The summed E-state index contributed by atoms with van der Waals surface area (Å²) in [5, 5.41) is 6.09. The van der Waals surface area contributed by atoms with E-state index < -0.39 is 0 Å². The average Bonchev–Trinajstić information content (AvgIpc) is 2.47. The van der Waals surface area contributed by atoms with E-state index in [2.05, 4.69) is 5.10 Å². The van der Waals surface area contributed by atoms with E-state index in [1.54, 1.807) is 6.92 Å². The Morgan fingerprint density at radius 2 is 2.38 bits per heavy atom. The van der Waals surface area contributed by atoms with Crippen LogP contribution in [-0.2, 0) is 4.79 Å². The molecule has 0 bridgehead atoms. The van der Waals surface area contributed by atoms with E-state index in [1.165, 1.54) is 0 Å². The summed E-state index contributed by atoms with van der Waals surface area (Å²) < 4.78 is 0. The minimum Gasteiger partial charge on any atom is -0.295 e. The third kappa shape index (κ3) is 1.30. The zero-order valence-corrected chi connectivity index (χ0v) is 7.77. The van der Waals surface area contributed by atoms with Gasteiger partial charge in [-0.05, 0) is 6.92 Å². The predicted molar refractivity (Wildman–Crippen MR) is 51.4 cm³/mol. The third-order valence-corrected chi connectivity index (χ3v) is 2.50. The van der Waals surface area contributed by atoms with E-state index in [4.69, 9.17) is 0 Å². The summed E-state index contributed by atoms with van der Waals surface area (Å²) in [6.07, 6.45) is 7.79. The van der Waals surface area contributed by atoms with Crippen LogP contribution in [0.4, 0.5) is 0 Å². The highest BCUT2D eigenvalue weighted by atomic mass is 16.1. The van der Waals surface area contributed by atoms with Crippen molar-refractivity contribution < 1.29 is 4.79 Å². The van der Waals surface area contributed by atoms with Crippen molar-refractivity contribution in [2.75, 3.05) is 7.05 Å². The molecule has 2 atom stereocenters. The molecule has 3 nitrogen and oxygen atoms in total. The number of carbonyl (C=O) groups excluding carboxylic acids is 1. The van der Waals surface area contributed by atoms with Crippen molar-refractivity contribution >= 4 is 12.0 Å². The number of allylic oxidation sites excluding steroid dienone is 2. The Bertz CT molecular complexity index is 328. The van der Waals surface area contributed by atoms with Crippen molar-refractivity contribution in [2.24, 2.45) is 11.0 Å². The molecule has 0 spiro atoms. The lowest BCUT2D eigenvalue weighted by Crippen LogP contribution is -2.28. The second-order valence-electron chi connectivity index (χ2n) is 3.44. The summed E-state index contributed by atoms with van der Waals surface area (Å²) in [7, 11) is 1.94. The normalized spacial score (nSPS) is 30.3. The van der Waals surface area contributed by atoms with Crippen LogP contribution in [0.1, 0.15) is 6.92 Å². The predicted octanol–water partition coefficient (Wildman–Crippen LogP) is 0.988.